The van der Waals surface area contributed by atoms with Crippen LogP contribution in [0.25, 0.3) is 22.2 Å². The van der Waals surface area contributed by atoms with Crippen LogP contribution in [-0.2, 0) is 23.0 Å². The second-order valence-electron chi connectivity index (χ2n) is 10.2. The van der Waals surface area contributed by atoms with Crippen molar-refractivity contribution in [1.82, 2.24) is 15.3 Å². The Labute approximate surface area is 255 Å². The highest BCUT2D eigenvalue weighted by Gasteiger charge is 2.18. The molecular weight excluding hydrogens is 591 g/mol. The standard InChI is InChI=1S/C32H32ClFN4O4S/c1-3-35-28(13-14-43(2,39)40)31-12-11-29(42-31)23-8-9-27-25(17-23)32(38-20-37-27)36-18-21-7-10-30(26(33)16-21)41-19-22-5-4-6-24(34)15-22/h4-12,15-17,20,28,35H,3,13-14,18-19H2,1-2H3,(H,36,37,38). The molecule has 5 rings (SSSR count). The van der Waals surface area contributed by atoms with Crippen LogP contribution in [0.2, 0.25) is 5.02 Å². The number of hydrogen-bond acceptors (Lipinski definition) is 8. The smallest absolute Gasteiger partial charge is 0.147 e. The molecule has 1 atom stereocenters. The quantitative estimate of drug-likeness (QED) is 0.145. The molecule has 0 spiro atoms. The Balaban J connectivity index is 1.29. The van der Waals surface area contributed by atoms with Gasteiger partial charge in [0.2, 0.25) is 0 Å². The van der Waals surface area contributed by atoms with E-state index in [1.807, 2.05) is 49.4 Å². The van der Waals surface area contributed by atoms with Crippen LogP contribution in [0.3, 0.4) is 0 Å². The van der Waals surface area contributed by atoms with E-state index in [4.69, 9.17) is 20.8 Å². The molecule has 11 heteroatoms. The zero-order valence-corrected chi connectivity index (χ0v) is 25.4. The number of furan rings is 1. The van der Waals surface area contributed by atoms with Gasteiger partial charge in [0.1, 0.15) is 51.7 Å². The topological polar surface area (TPSA) is 106 Å². The summed E-state index contributed by atoms with van der Waals surface area (Å²) in [6.45, 7) is 3.32. The van der Waals surface area contributed by atoms with Crippen molar-refractivity contribution in [2.24, 2.45) is 0 Å². The lowest BCUT2D eigenvalue weighted by atomic mass is 10.1. The Kier molecular flexibility index (Phi) is 9.59. The van der Waals surface area contributed by atoms with Gasteiger partial charge in [0.05, 0.1) is 22.3 Å². The molecule has 3 aromatic carbocycles. The molecule has 2 N–H and O–H groups in total. The van der Waals surface area contributed by atoms with Gasteiger partial charge in [-0.15, -0.1) is 0 Å². The summed E-state index contributed by atoms with van der Waals surface area (Å²) in [7, 11) is -3.09. The highest BCUT2D eigenvalue weighted by Crippen LogP contribution is 2.31. The molecule has 0 bridgehead atoms. The molecule has 43 heavy (non-hydrogen) atoms. The van der Waals surface area contributed by atoms with Crippen LogP contribution < -0.4 is 15.4 Å². The van der Waals surface area contributed by atoms with Gasteiger partial charge in [-0.3, -0.25) is 0 Å². The molecule has 0 amide bonds. The Morgan fingerprint density at radius 2 is 1.88 bits per heavy atom. The second-order valence-corrected chi connectivity index (χ2v) is 12.9. The number of rotatable bonds is 13. The Morgan fingerprint density at radius 3 is 2.65 bits per heavy atom. The normalized spacial score (nSPS) is 12.4. The summed E-state index contributed by atoms with van der Waals surface area (Å²) in [6.07, 6.45) is 3.17. The first-order valence-corrected chi connectivity index (χ1v) is 16.3. The summed E-state index contributed by atoms with van der Waals surface area (Å²) in [5, 5.41) is 7.96. The molecule has 1 unspecified atom stereocenters. The third kappa shape index (κ3) is 8.10. The summed E-state index contributed by atoms with van der Waals surface area (Å²) < 4.78 is 48.9. The molecule has 5 aromatic rings. The monoisotopic (exact) mass is 622 g/mol. The molecule has 2 heterocycles. The summed E-state index contributed by atoms with van der Waals surface area (Å²) >= 11 is 6.48. The van der Waals surface area contributed by atoms with Gasteiger partial charge in [-0.25, -0.2) is 22.8 Å². The lowest BCUT2D eigenvalue weighted by molar-refractivity contribution is 0.305. The predicted molar refractivity (Wildman–Crippen MR) is 167 cm³/mol. The molecular formula is C32H32ClFN4O4S. The average Bonchev–Trinajstić information content (AvgIpc) is 3.47. The van der Waals surface area contributed by atoms with Gasteiger partial charge in [-0.2, -0.15) is 0 Å². The number of anilines is 1. The fourth-order valence-corrected chi connectivity index (χ4v) is 5.64. The van der Waals surface area contributed by atoms with E-state index in [-0.39, 0.29) is 24.2 Å². The second kappa shape index (κ2) is 13.5. The molecule has 0 radical (unpaired) electrons. The van der Waals surface area contributed by atoms with Crippen molar-refractivity contribution in [3.63, 3.8) is 0 Å². The van der Waals surface area contributed by atoms with E-state index >= 15 is 0 Å². The molecule has 224 valence electrons. The maximum absolute atomic E-state index is 13.4. The van der Waals surface area contributed by atoms with Crippen molar-refractivity contribution < 1.29 is 22.0 Å². The first-order chi connectivity index (χ1) is 20.7. The number of nitrogens with zero attached hydrogens (tertiary/aromatic N) is 2. The lowest BCUT2D eigenvalue weighted by Gasteiger charge is -2.15. The highest BCUT2D eigenvalue weighted by molar-refractivity contribution is 7.90. The molecule has 0 fully saturated rings. The van der Waals surface area contributed by atoms with E-state index in [1.54, 1.807) is 18.2 Å². The molecule has 0 aliphatic rings. The van der Waals surface area contributed by atoms with Crippen LogP contribution in [0.1, 0.15) is 36.3 Å². The molecule has 0 saturated heterocycles. The van der Waals surface area contributed by atoms with Crippen LogP contribution in [0.15, 0.2) is 83.5 Å². The van der Waals surface area contributed by atoms with Gasteiger partial charge in [-0.1, -0.05) is 36.7 Å². The fraction of sp³-hybridized carbons (Fsp3) is 0.250. The van der Waals surface area contributed by atoms with Gasteiger partial charge in [0, 0.05) is 23.8 Å². The third-order valence-electron chi connectivity index (χ3n) is 6.86. The molecule has 2 aromatic heterocycles. The SMILES string of the molecule is CCNC(CCS(C)(=O)=O)c1ccc(-c2ccc3ncnc(NCc4ccc(OCc5cccc(F)c5)c(Cl)c4)c3c2)o1. The van der Waals surface area contributed by atoms with E-state index in [0.717, 1.165) is 22.0 Å². The number of hydrogen-bond donors (Lipinski definition) is 2. The Morgan fingerprint density at radius 1 is 1.02 bits per heavy atom. The van der Waals surface area contributed by atoms with Crippen molar-refractivity contribution >= 4 is 38.2 Å². The zero-order valence-electron chi connectivity index (χ0n) is 23.8. The minimum atomic E-state index is -3.09. The number of ether oxygens (including phenoxy) is 1. The van der Waals surface area contributed by atoms with E-state index in [9.17, 15) is 12.8 Å². The molecule has 0 aliphatic heterocycles. The molecule has 0 aliphatic carbocycles. The highest BCUT2D eigenvalue weighted by atomic mass is 35.5. The Hall–Kier alpha value is -3.99. The first-order valence-electron chi connectivity index (χ1n) is 13.8. The summed E-state index contributed by atoms with van der Waals surface area (Å²) in [4.78, 5) is 8.87. The number of aromatic nitrogens is 2. The third-order valence-corrected chi connectivity index (χ3v) is 8.13. The fourth-order valence-electron chi connectivity index (χ4n) is 4.71. The van der Waals surface area contributed by atoms with Crippen molar-refractivity contribution in [3.8, 4) is 17.1 Å². The van der Waals surface area contributed by atoms with Crippen LogP contribution in [-0.4, -0.2) is 36.9 Å². The van der Waals surface area contributed by atoms with Gasteiger partial charge in [-0.05, 0) is 78.7 Å². The summed E-state index contributed by atoms with van der Waals surface area (Å²) in [5.74, 6) is 2.26. The number of benzene rings is 3. The number of fused-ring (bicyclic) bond motifs is 1. The number of halogens is 2. The largest absolute Gasteiger partial charge is 0.487 e. The molecule has 8 nitrogen and oxygen atoms in total. The van der Waals surface area contributed by atoms with E-state index in [2.05, 4.69) is 20.6 Å². The maximum atomic E-state index is 13.4. The van der Waals surface area contributed by atoms with E-state index in [0.29, 0.717) is 53.2 Å². The van der Waals surface area contributed by atoms with Crippen molar-refractivity contribution in [1.29, 1.82) is 0 Å². The number of sulfone groups is 1. The Bertz CT molecular complexity index is 1830. The molecule has 0 saturated carbocycles. The van der Waals surface area contributed by atoms with Gasteiger partial charge >= 0.3 is 0 Å². The van der Waals surface area contributed by atoms with Gasteiger partial charge in [0.15, 0.2) is 0 Å². The van der Waals surface area contributed by atoms with Crippen LogP contribution in [0.4, 0.5) is 10.2 Å². The summed E-state index contributed by atoms with van der Waals surface area (Å²) in [5.41, 5.74) is 3.25. The van der Waals surface area contributed by atoms with Crippen LogP contribution in [0.5, 0.6) is 5.75 Å². The van der Waals surface area contributed by atoms with E-state index < -0.39 is 9.84 Å². The summed E-state index contributed by atoms with van der Waals surface area (Å²) in [6, 6.07) is 21.1. The van der Waals surface area contributed by atoms with Crippen molar-refractivity contribution in [2.45, 2.75) is 32.5 Å². The van der Waals surface area contributed by atoms with E-state index in [1.165, 1.54) is 24.7 Å². The average molecular weight is 623 g/mol. The van der Waals surface area contributed by atoms with Gasteiger partial charge in [0.25, 0.3) is 0 Å². The first kappa shape index (κ1) is 30.5. The lowest BCUT2D eigenvalue weighted by Crippen LogP contribution is -2.23. The minimum absolute atomic E-state index is 0.0684. The van der Waals surface area contributed by atoms with Crippen molar-refractivity contribution in [3.05, 3.63) is 107 Å². The van der Waals surface area contributed by atoms with Crippen molar-refractivity contribution in [2.75, 3.05) is 23.9 Å². The van der Waals surface area contributed by atoms with Gasteiger partial charge < -0.3 is 19.8 Å². The zero-order chi connectivity index (χ0) is 30.4. The predicted octanol–water partition coefficient (Wildman–Crippen LogP) is 6.96. The number of nitrogens with one attached hydrogen (secondary N) is 2. The maximum Gasteiger partial charge on any atom is 0.147 e. The van der Waals surface area contributed by atoms with Crippen LogP contribution in [0, 0.1) is 5.82 Å². The van der Waals surface area contributed by atoms with Crippen LogP contribution >= 0.6 is 11.6 Å². The minimum Gasteiger partial charge on any atom is -0.487 e.